The minimum Gasteiger partial charge on any atom is -0.357 e. The Morgan fingerprint density at radius 3 is 2.62 bits per heavy atom. The Labute approximate surface area is 143 Å². The molecule has 0 saturated heterocycles. The van der Waals surface area contributed by atoms with Crippen LogP contribution in [0.5, 0.6) is 0 Å². The maximum absolute atomic E-state index is 11.6. The summed E-state index contributed by atoms with van der Waals surface area (Å²) in [5.41, 5.74) is 1.67. The third kappa shape index (κ3) is 7.96. The van der Waals surface area contributed by atoms with Crippen LogP contribution in [-0.4, -0.2) is 59.0 Å². The smallest absolute Gasteiger partial charge is 0.251 e. The monoisotopic (exact) mass is 354 g/mol. The van der Waals surface area contributed by atoms with Crippen LogP contribution in [0.4, 0.5) is 0 Å². The van der Waals surface area contributed by atoms with E-state index in [1.165, 1.54) is 6.26 Å². The highest BCUT2D eigenvalue weighted by Crippen LogP contribution is 2.05. The van der Waals surface area contributed by atoms with Crippen LogP contribution in [0.25, 0.3) is 0 Å². The highest BCUT2D eigenvalue weighted by atomic mass is 32.2. The van der Waals surface area contributed by atoms with Crippen LogP contribution in [-0.2, 0) is 16.3 Å². The zero-order chi connectivity index (χ0) is 18.0. The topological polar surface area (TPSA) is 99.7 Å². The predicted octanol–water partition coefficient (Wildman–Crippen LogP) is 0.188. The van der Waals surface area contributed by atoms with E-state index in [4.69, 9.17) is 0 Å². The van der Waals surface area contributed by atoms with Crippen molar-refractivity contribution >= 4 is 21.7 Å². The first-order chi connectivity index (χ1) is 11.4. The summed E-state index contributed by atoms with van der Waals surface area (Å²) in [6.07, 6.45) is 1.92. The van der Waals surface area contributed by atoms with Gasteiger partial charge in [0.1, 0.15) is 9.84 Å². The van der Waals surface area contributed by atoms with E-state index in [-0.39, 0.29) is 18.2 Å². The molecular formula is C16H26N4O3S. The number of benzene rings is 1. The average Bonchev–Trinajstić information content (AvgIpc) is 2.53. The molecule has 0 aromatic heterocycles. The minimum absolute atomic E-state index is 0.0255. The largest absolute Gasteiger partial charge is 0.357 e. The maximum Gasteiger partial charge on any atom is 0.251 e. The molecule has 8 heteroatoms. The van der Waals surface area contributed by atoms with E-state index in [0.29, 0.717) is 24.6 Å². The van der Waals surface area contributed by atoms with Crippen LogP contribution in [0.3, 0.4) is 0 Å². The molecule has 0 saturated carbocycles. The van der Waals surface area contributed by atoms with Gasteiger partial charge in [0.05, 0.1) is 12.3 Å². The van der Waals surface area contributed by atoms with Crippen molar-refractivity contribution in [3.05, 3.63) is 35.4 Å². The first kappa shape index (κ1) is 20.0. The van der Waals surface area contributed by atoms with Gasteiger partial charge in [-0.1, -0.05) is 12.1 Å². The molecule has 1 aromatic carbocycles. The van der Waals surface area contributed by atoms with Gasteiger partial charge in [-0.15, -0.1) is 0 Å². The van der Waals surface area contributed by atoms with Gasteiger partial charge in [0.25, 0.3) is 5.91 Å². The molecule has 0 atom stereocenters. The van der Waals surface area contributed by atoms with Crippen molar-refractivity contribution in [2.75, 3.05) is 38.7 Å². The molecule has 1 amide bonds. The van der Waals surface area contributed by atoms with E-state index in [1.807, 2.05) is 25.1 Å². The van der Waals surface area contributed by atoms with E-state index in [9.17, 15) is 13.2 Å². The normalized spacial score (nSPS) is 11.9. The number of sulfone groups is 1. The number of hydrogen-bond donors (Lipinski definition) is 3. The second kappa shape index (κ2) is 9.92. The quantitative estimate of drug-likeness (QED) is 0.457. The second-order valence-electron chi connectivity index (χ2n) is 5.35. The van der Waals surface area contributed by atoms with Crippen molar-refractivity contribution in [1.82, 2.24) is 16.0 Å². The summed E-state index contributed by atoms with van der Waals surface area (Å²) in [7, 11) is -1.41. The lowest BCUT2D eigenvalue weighted by atomic mass is 10.1. The first-order valence-corrected chi connectivity index (χ1v) is 9.92. The number of rotatable bonds is 8. The van der Waals surface area contributed by atoms with Crippen LogP contribution in [0.2, 0.25) is 0 Å². The summed E-state index contributed by atoms with van der Waals surface area (Å²) in [4.78, 5) is 15.9. The average molecular weight is 354 g/mol. The molecule has 0 aliphatic heterocycles. The van der Waals surface area contributed by atoms with E-state index in [0.717, 1.165) is 12.0 Å². The van der Waals surface area contributed by atoms with Gasteiger partial charge in [-0.3, -0.25) is 9.79 Å². The SMILES string of the molecule is CCNC(=NCCS(C)(=O)=O)NCCc1cccc(C(=O)NC)c1. The Bertz CT molecular complexity index is 672. The van der Waals surface area contributed by atoms with Crippen LogP contribution < -0.4 is 16.0 Å². The van der Waals surface area contributed by atoms with Gasteiger partial charge in [-0.05, 0) is 31.0 Å². The fraction of sp³-hybridized carbons (Fsp3) is 0.500. The molecule has 1 rings (SSSR count). The van der Waals surface area contributed by atoms with Gasteiger partial charge in [-0.2, -0.15) is 0 Å². The van der Waals surface area contributed by atoms with Crippen molar-refractivity contribution in [3.63, 3.8) is 0 Å². The molecule has 0 fully saturated rings. The van der Waals surface area contributed by atoms with E-state index < -0.39 is 9.84 Å². The number of carbonyl (C=O) groups excluding carboxylic acids is 1. The molecule has 0 aliphatic rings. The lowest BCUT2D eigenvalue weighted by Gasteiger charge is -2.11. The zero-order valence-corrected chi connectivity index (χ0v) is 15.2. The molecule has 24 heavy (non-hydrogen) atoms. The molecule has 3 N–H and O–H groups in total. The van der Waals surface area contributed by atoms with Gasteiger partial charge in [0.2, 0.25) is 0 Å². The van der Waals surface area contributed by atoms with Crippen LogP contribution in [0.1, 0.15) is 22.8 Å². The van der Waals surface area contributed by atoms with Gasteiger partial charge in [-0.25, -0.2) is 8.42 Å². The van der Waals surface area contributed by atoms with Crippen molar-refractivity contribution in [2.24, 2.45) is 4.99 Å². The number of guanidine groups is 1. The lowest BCUT2D eigenvalue weighted by Crippen LogP contribution is -2.38. The maximum atomic E-state index is 11.6. The Morgan fingerprint density at radius 1 is 1.25 bits per heavy atom. The molecule has 0 bridgehead atoms. The Balaban J connectivity index is 2.56. The van der Waals surface area contributed by atoms with Crippen molar-refractivity contribution < 1.29 is 13.2 Å². The summed E-state index contributed by atoms with van der Waals surface area (Å²) in [5, 5.41) is 8.84. The molecular weight excluding hydrogens is 328 g/mol. The highest BCUT2D eigenvalue weighted by molar-refractivity contribution is 7.90. The fourth-order valence-corrected chi connectivity index (χ4v) is 2.43. The Morgan fingerprint density at radius 2 is 2.00 bits per heavy atom. The van der Waals surface area contributed by atoms with E-state index in [1.54, 1.807) is 13.1 Å². The van der Waals surface area contributed by atoms with Gasteiger partial charge in [0, 0.05) is 32.0 Å². The Hall–Kier alpha value is -2.09. The number of nitrogens with zero attached hydrogens (tertiary/aromatic N) is 1. The fourth-order valence-electron chi connectivity index (χ4n) is 2.00. The Kier molecular flexibility index (Phi) is 8.25. The third-order valence-electron chi connectivity index (χ3n) is 3.20. The summed E-state index contributed by atoms with van der Waals surface area (Å²) < 4.78 is 22.3. The number of carbonyl (C=O) groups is 1. The molecule has 7 nitrogen and oxygen atoms in total. The van der Waals surface area contributed by atoms with Crippen LogP contribution in [0.15, 0.2) is 29.3 Å². The van der Waals surface area contributed by atoms with Gasteiger partial charge >= 0.3 is 0 Å². The first-order valence-electron chi connectivity index (χ1n) is 7.86. The second-order valence-corrected chi connectivity index (χ2v) is 7.61. The van der Waals surface area contributed by atoms with Crippen LogP contribution in [0, 0.1) is 0 Å². The zero-order valence-electron chi connectivity index (χ0n) is 14.4. The van der Waals surface area contributed by atoms with Crippen molar-refractivity contribution in [3.8, 4) is 0 Å². The van der Waals surface area contributed by atoms with Crippen LogP contribution >= 0.6 is 0 Å². The van der Waals surface area contributed by atoms with Gasteiger partial charge < -0.3 is 16.0 Å². The number of amides is 1. The van der Waals surface area contributed by atoms with Crippen molar-refractivity contribution in [1.29, 1.82) is 0 Å². The predicted molar refractivity (Wildman–Crippen MR) is 97.2 cm³/mol. The summed E-state index contributed by atoms with van der Waals surface area (Å²) in [5.74, 6) is 0.502. The highest BCUT2D eigenvalue weighted by Gasteiger charge is 2.05. The number of nitrogens with one attached hydrogen (secondary N) is 3. The molecule has 0 radical (unpaired) electrons. The molecule has 134 valence electrons. The number of hydrogen-bond acceptors (Lipinski definition) is 4. The van der Waals surface area contributed by atoms with Crippen molar-refractivity contribution in [2.45, 2.75) is 13.3 Å². The molecule has 0 unspecified atom stereocenters. The summed E-state index contributed by atoms with van der Waals surface area (Å²) in [6.45, 7) is 3.49. The lowest BCUT2D eigenvalue weighted by molar-refractivity contribution is 0.0963. The standard InChI is InChI=1S/C16H26N4O3S/c1-4-18-16(20-10-11-24(3,22)23)19-9-8-13-6-5-7-14(12-13)15(21)17-2/h5-7,12H,4,8-11H2,1-3H3,(H,17,21)(H2,18,19,20). The third-order valence-corrected chi connectivity index (χ3v) is 4.12. The molecule has 0 heterocycles. The summed E-state index contributed by atoms with van der Waals surface area (Å²) in [6, 6.07) is 7.44. The summed E-state index contributed by atoms with van der Waals surface area (Å²) >= 11 is 0. The van der Waals surface area contributed by atoms with E-state index in [2.05, 4.69) is 20.9 Å². The van der Waals surface area contributed by atoms with E-state index >= 15 is 0 Å². The van der Waals surface area contributed by atoms with Gasteiger partial charge in [0.15, 0.2) is 5.96 Å². The molecule has 1 aromatic rings. The molecule has 0 spiro atoms. The molecule has 0 aliphatic carbocycles. The minimum atomic E-state index is -3.01. The number of aliphatic imine (C=N–C) groups is 1.